The fraction of sp³-hybridized carbons (Fsp3) is 0. The summed E-state index contributed by atoms with van der Waals surface area (Å²) in [5.41, 5.74) is 6.83. The van der Waals surface area contributed by atoms with Crippen LogP contribution in [0.1, 0.15) is 10.5 Å². The molecule has 0 spiro atoms. The molecule has 0 saturated heterocycles. The van der Waals surface area contributed by atoms with Crippen LogP contribution >= 0.6 is 22.6 Å². The fourth-order valence-electron chi connectivity index (χ4n) is 1.14. The standard InChI is InChI=1S/C9H6IN3O/c10-8-7(9(11)14)12-5-3-1-2-4-6(5)13-8/h1-4H,(H2,11,14). The third kappa shape index (κ3) is 1.54. The lowest BCUT2D eigenvalue weighted by Gasteiger charge is -2.00. The molecule has 0 unspecified atom stereocenters. The van der Waals surface area contributed by atoms with Crippen LogP contribution in [-0.4, -0.2) is 15.9 Å². The number of hydrogen-bond acceptors (Lipinski definition) is 3. The smallest absolute Gasteiger partial charge is 0.270 e. The molecule has 5 heteroatoms. The van der Waals surface area contributed by atoms with E-state index >= 15 is 0 Å². The lowest BCUT2D eigenvalue weighted by Crippen LogP contribution is -2.16. The summed E-state index contributed by atoms with van der Waals surface area (Å²) in [5.74, 6) is -0.548. The van der Waals surface area contributed by atoms with Gasteiger partial charge in [0.25, 0.3) is 5.91 Å². The summed E-state index contributed by atoms with van der Waals surface area (Å²) in [4.78, 5) is 19.3. The van der Waals surface area contributed by atoms with Crippen LogP contribution < -0.4 is 5.73 Å². The maximum Gasteiger partial charge on any atom is 0.270 e. The summed E-state index contributed by atoms with van der Waals surface area (Å²) >= 11 is 1.95. The number of halogens is 1. The lowest BCUT2D eigenvalue weighted by atomic mass is 10.3. The van der Waals surface area contributed by atoms with Gasteiger partial charge in [-0.2, -0.15) is 0 Å². The second-order valence-corrected chi connectivity index (χ2v) is 3.74. The van der Waals surface area contributed by atoms with Crippen molar-refractivity contribution in [2.75, 3.05) is 0 Å². The largest absolute Gasteiger partial charge is 0.364 e. The lowest BCUT2D eigenvalue weighted by molar-refractivity contribution is 0.0994. The van der Waals surface area contributed by atoms with Gasteiger partial charge in [-0.1, -0.05) is 12.1 Å². The Morgan fingerprint density at radius 1 is 1.21 bits per heavy atom. The van der Waals surface area contributed by atoms with E-state index in [2.05, 4.69) is 9.97 Å². The van der Waals surface area contributed by atoms with E-state index in [4.69, 9.17) is 5.73 Å². The third-order valence-electron chi connectivity index (χ3n) is 1.76. The highest BCUT2D eigenvalue weighted by Gasteiger charge is 2.10. The second kappa shape index (κ2) is 3.49. The number of fused-ring (bicyclic) bond motifs is 1. The van der Waals surface area contributed by atoms with Crippen molar-refractivity contribution in [1.29, 1.82) is 0 Å². The zero-order chi connectivity index (χ0) is 10.1. The molecule has 0 atom stereocenters. The summed E-state index contributed by atoms with van der Waals surface area (Å²) in [6, 6.07) is 7.35. The number of amides is 1. The second-order valence-electron chi connectivity index (χ2n) is 2.72. The van der Waals surface area contributed by atoms with Gasteiger partial charge >= 0.3 is 0 Å². The Labute approximate surface area is 93.7 Å². The molecule has 0 aliphatic heterocycles. The molecule has 0 aliphatic rings. The quantitative estimate of drug-likeness (QED) is 0.808. The molecule has 4 nitrogen and oxygen atoms in total. The van der Waals surface area contributed by atoms with Crippen LogP contribution in [0.5, 0.6) is 0 Å². The Morgan fingerprint density at radius 2 is 1.79 bits per heavy atom. The molecular weight excluding hydrogens is 293 g/mol. The van der Waals surface area contributed by atoms with Gasteiger partial charge in [-0.3, -0.25) is 4.79 Å². The van der Waals surface area contributed by atoms with Gasteiger partial charge in [-0.25, -0.2) is 9.97 Å². The Kier molecular flexibility index (Phi) is 2.32. The summed E-state index contributed by atoms with van der Waals surface area (Å²) in [6.45, 7) is 0. The molecule has 70 valence electrons. The average molecular weight is 299 g/mol. The number of carbonyl (C=O) groups is 1. The zero-order valence-corrected chi connectivity index (χ0v) is 9.22. The molecule has 2 aromatic rings. The van der Waals surface area contributed by atoms with E-state index in [-0.39, 0.29) is 5.69 Å². The number of rotatable bonds is 1. The number of para-hydroxylation sites is 2. The molecule has 1 aromatic carbocycles. The number of nitrogens with two attached hydrogens (primary N) is 1. The average Bonchev–Trinajstić information content (AvgIpc) is 2.16. The van der Waals surface area contributed by atoms with E-state index in [1.165, 1.54) is 0 Å². The van der Waals surface area contributed by atoms with Gasteiger partial charge in [0.2, 0.25) is 0 Å². The Morgan fingerprint density at radius 3 is 2.36 bits per heavy atom. The van der Waals surface area contributed by atoms with E-state index in [1.807, 2.05) is 40.8 Å². The van der Waals surface area contributed by atoms with Crippen LogP contribution in [-0.2, 0) is 0 Å². The fourth-order valence-corrected chi connectivity index (χ4v) is 1.78. The highest BCUT2D eigenvalue weighted by molar-refractivity contribution is 14.1. The number of aromatic nitrogens is 2. The Bertz CT molecular complexity index is 512. The van der Waals surface area contributed by atoms with Crippen molar-refractivity contribution in [3.8, 4) is 0 Å². The minimum atomic E-state index is -0.548. The van der Waals surface area contributed by atoms with Crippen LogP contribution in [0.15, 0.2) is 24.3 Å². The first kappa shape index (κ1) is 9.32. The molecular formula is C9H6IN3O. The van der Waals surface area contributed by atoms with E-state index in [1.54, 1.807) is 6.07 Å². The molecule has 1 heterocycles. The topological polar surface area (TPSA) is 68.9 Å². The van der Waals surface area contributed by atoms with Gasteiger partial charge < -0.3 is 5.73 Å². The van der Waals surface area contributed by atoms with Crippen molar-refractivity contribution in [3.05, 3.63) is 33.7 Å². The molecule has 0 aliphatic carbocycles. The van der Waals surface area contributed by atoms with Gasteiger partial charge in [0.15, 0.2) is 5.69 Å². The number of primary amides is 1. The molecule has 14 heavy (non-hydrogen) atoms. The van der Waals surface area contributed by atoms with Gasteiger partial charge in [0.05, 0.1) is 11.0 Å². The molecule has 2 rings (SSSR count). The normalized spacial score (nSPS) is 10.4. The summed E-state index contributed by atoms with van der Waals surface area (Å²) in [6.07, 6.45) is 0. The summed E-state index contributed by atoms with van der Waals surface area (Å²) < 4.78 is 0.536. The number of hydrogen-bond donors (Lipinski definition) is 1. The zero-order valence-electron chi connectivity index (χ0n) is 7.07. The predicted molar refractivity (Wildman–Crippen MR) is 60.8 cm³/mol. The highest BCUT2D eigenvalue weighted by Crippen LogP contribution is 2.13. The monoisotopic (exact) mass is 299 g/mol. The van der Waals surface area contributed by atoms with E-state index < -0.39 is 5.91 Å². The van der Waals surface area contributed by atoms with Crippen molar-refractivity contribution < 1.29 is 4.79 Å². The predicted octanol–water partition coefficient (Wildman–Crippen LogP) is 1.33. The first-order valence-corrected chi connectivity index (χ1v) is 4.98. The van der Waals surface area contributed by atoms with Gasteiger partial charge in [-0.15, -0.1) is 0 Å². The van der Waals surface area contributed by atoms with Crippen molar-refractivity contribution in [2.45, 2.75) is 0 Å². The van der Waals surface area contributed by atoms with Gasteiger partial charge in [0.1, 0.15) is 3.70 Å². The molecule has 0 fully saturated rings. The molecule has 2 N–H and O–H groups in total. The number of benzene rings is 1. The van der Waals surface area contributed by atoms with Crippen LogP contribution in [0.4, 0.5) is 0 Å². The molecule has 0 bridgehead atoms. The molecule has 1 aromatic heterocycles. The van der Waals surface area contributed by atoms with Crippen molar-refractivity contribution in [1.82, 2.24) is 9.97 Å². The minimum absolute atomic E-state index is 0.226. The van der Waals surface area contributed by atoms with Crippen LogP contribution in [0, 0.1) is 3.70 Å². The van der Waals surface area contributed by atoms with Crippen molar-refractivity contribution in [3.63, 3.8) is 0 Å². The van der Waals surface area contributed by atoms with Gasteiger partial charge in [0, 0.05) is 0 Å². The number of nitrogens with zero attached hydrogens (tertiary/aromatic N) is 2. The minimum Gasteiger partial charge on any atom is -0.364 e. The van der Waals surface area contributed by atoms with Crippen LogP contribution in [0.2, 0.25) is 0 Å². The Hall–Kier alpha value is -1.24. The molecule has 0 saturated carbocycles. The first-order chi connectivity index (χ1) is 6.68. The highest BCUT2D eigenvalue weighted by atomic mass is 127. The number of carbonyl (C=O) groups excluding carboxylic acids is 1. The first-order valence-electron chi connectivity index (χ1n) is 3.90. The van der Waals surface area contributed by atoms with Gasteiger partial charge in [-0.05, 0) is 34.7 Å². The SMILES string of the molecule is NC(=O)c1nc2ccccc2nc1I. The maximum absolute atomic E-state index is 11.0. The maximum atomic E-state index is 11.0. The van der Waals surface area contributed by atoms with Crippen molar-refractivity contribution in [2.24, 2.45) is 5.73 Å². The van der Waals surface area contributed by atoms with Crippen molar-refractivity contribution >= 4 is 39.5 Å². The van der Waals surface area contributed by atoms with Crippen LogP contribution in [0.3, 0.4) is 0 Å². The Balaban J connectivity index is 2.77. The van der Waals surface area contributed by atoms with E-state index in [9.17, 15) is 4.79 Å². The third-order valence-corrected chi connectivity index (χ3v) is 2.51. The molecule has 0 radical (unpaired) electrons. The summed E-state index contributed by atoms with van der Waals surface area (Å²) in [5, 5.41) is 0. The summed E-state index contributed by atoms with van der Waals surface area (Å²) in [7, 11) is 0. The van der Waals surface area contributed by atoms with Crippen LogP contribution in [0.25, 0.3) is 11.0 Å². The molecule has 1 amide bonds. The van der Waals surface area contributed by atoms with E-state index in [0.29, 0.717) is 9.22 Å². The van der Waals surface area contributed by atoms with E-state index in [0.717, 1.165) is 5.52 Å².